The van der Waals surface area contributed by atoms with Crippen molar-refractivity contribution in [3.63, 3.8) is 0 Å². The summed E-state index contributed by atoms with van der Waals surface area (Å²) in [4.78, 5) is 9.65. The first-order valence-corrected chi connectivity index (χ1v) is 3.85. The lowest BCUT2D eigenvalue weighted by atomic mass is 10.1. The molecular weight excluding hydrogens is 191 g/mol. The Bertz CT molecular complexity index is 356. The van der Waals surface area contributed by atoms with Gasteiger partial charge in [-0.1, -0.05) is 6.07 Å². The van der Waals surface area contributed by atoms with Crippen LogP contribution in [0.3, 0.4) is 0 Å². The molecule has 5 nitrogen and oxygen atoms in total. The van der Waals surface area contributed by atoms with Crippen LogP contribution in [-0.4, -0.2) is 16.7 Å². The number of aromatic hydroxyl groups is 1. The molecule has 0 aromatic heterocycles. The van der Waals surface area contributed by atoms with Gasteiger partial charge in [0.05, 0.1) is 11.0 Å². The zero-order valence-electron chi connectivity index (χ0n) is 7.18. The van der Waals surface area contributed by atoms with Crippen LogP contribution in [0, 0.1) is 10.1 Å². The molecule has 1 rings (SSSR count). The van der Waals surface area contributed by atoms with E-state index >= 15 is 0 Å². The molecule has 0 fully saturated rings. The molecule has 0 aliphatic carbocycles. The number of alkyl halides is 1. The van der Waals surface area contributed by atoms with E-state index in [9.17, 15) is 14.5 Å². The first kappa shape index (κ1) is 10.4. The largest absolute Gasteiger partial charge is 0.502 e. The fourth-order valence-electron chi connectivity index (χ4n) is 1.01. The van der Waals surface area contributed by atoms with Crippen molar-refractivity contribution < 1.29 is 14.4 Å². The lowest BCUT2D eigenvalue weighted by molar-refractivity contribution is -0.385. The Balaban J connectivity index is 3.12. The Labute approximate surface area is 79.1 Å². The van der Waals surface area contributed by atoms with Crippen molar-refractivity contribution in [2.75, 3.05) is 6.67 Å². The van der Waals surface area contributed by atoms with Crippen LogP contribution < -0.4 is 5.73 Å². The molecule has 0 aliphatic rings. The van der Waals surface area contributed by atoms with Crippen LogP contribution in [0.25, 0.3) is 0 Å². The number of phenolic OH excluding ortho intramolecular Hbond substituents is 1. The SMILES string of the molecule is N[C@H](CF)c1ccc(O)c([N+](=O)[O-])c1. The zero-order valence-corrected chi connectivity index (χ0v) is 7.18. The number of nitro benzene ring substituents is 1. The van der Waals surface area contributed by atoms with Crippen LogP contribution in [0.15, 0.2) is 18.2 Å². The van der Waals surface area contributed by atoms with Crippen molar-refractivity contribution in [2.45, 2.75) is 6.04 Å². The fraction of sp³-hybridized carbons (Fsp3) is 0.250. The van der Waals surface area contributed by atoms with Crippen molar-refractivity contribution in [1.29, 1.82) is 0 Å². The third-order valence-electron chi connectivity index (χ3n) is 1.79. The lowest BCUT2D eigenvalue weighted by Crippen LogP contribution is -2.12. The number of nitrogens with two attached hydrogens (primary N) is 1. The van der Waals surface area contributed by atoms with E-state index in [1.54, 1.807) is 0 Å². The monoisotopic (exact) mass is 200 g/mol. The van der Waals surface area contributed by atoms with Gasteiger partial charge in [-0.2, -0.15) is 0 Å². The number of nitro groups is 1. The van der Waals surface area contributed by atoms with E-state index in [0.29, 0.717) is 0 Å². The highest BCUT2D eigenvalue weighted by Gasteiger charge is 2.16. The summed E-state index contributed by atoms with van der Waals surface area (Å²) in [5, 5.41) is 19.5. The van der Waals surface area contributed by atoms with Crippen molar-refractivity contribution in [2.24, 2.45) is 5.73 Å². The number of phenols is 1. The van der Waals surface area contributed by atoms with Crippen molar-refractivity contribution in [3.05, 3.63) is 33.9 Å². The molecule has 1 atom stereocenters. The highest BCUT2D eigenvalue weighted by Crippen LogP contribution is 2.28. The van der Waals surface area contributed by atoms with Gasteiger partial charge in [-0.3, -0.25) is 10.1 Å². The smallest absolute Gasteiger partial charge is 0.311 e. The van der Waals surface area contributed by atoms with E-state index in [2.05, 4.69) is 0 Å². The van der Waals surface area contributed by atoms with Crippen molar-refractivity contribution in [1.82, 2.24) is 0 Å². The van der Waals surface area contributed by atoms with Crippen LogP contribution in [-0.2, 0) is 0 Å². The number of halogens is 1. The van der Waals surface area contributed by atoms with Crippen LogP contribution in [0.1, 0.15) is 11.6 Å². The topological polar surface area (TPSA) is 89.4 Å². The summed E-state index contributed by atoms with van der Waals surface area (Å²) in [5.74, 6) is -0.454. The van der Waals surface area contributed by atoms with Gasteiger partial charge < -0.3 is 10.8 Å². The average molecular weight is 200 g/mol. The molecule has 1 aromatic rings. The second kappa shape index (κ2) is 4.01. The van der Waals surface area contributed by atoms with Crippen molar-refractivity contribution in [3.8, 4) is 5.75 Å². The second-order valence-corrected chi connectivity index (χ2v) is 2.77. The van der Waals surface area contributed by atoms with Gasteiger partial charge in [0.25, 0.3) is 0 Å². The zero-order chi connectivity index (χ0) is 10.7. The summed E-state index contributed by atoms with van der Waals surface area (Å²) in [7, 11) is 0. The van der Waals surface area contributed by atoms with E-state index in [1.807, 2.05) is 0 Å². The van der Waals surface area contributed by atoms with Gasteiger partial charge >= 0.3 is 5.69 Å². The predicted octanol–water partition coefficient (Wildman–Crippen LogP) is 1.27. The third-order valence-corrected chi connectivity index (χ3v) is 1.79. The van der Waals surface area contributed by atoms with Gasteiger partial charge in [0.15, 0.2) is 5.75 Å². The van der Waals surface area contributed by atoms with Gasteiger partial charge in [-0.05, 0) is 11.6 Å². The van der Waals surface area contributed by atoms with Crippen LogP contribution >= 0.6 is 0 Å². The van der Waals surface area contributed by atoms with Crippen molar-refractivity contribution >= 4 is 5.69 Å². The Morgan fingerprint density at radius 3 is 2.79 bits per heavy atom. The second-order valence-electron chi connectivity index (χ2n) is 2.77. The third kappa shape index (κ3) is 1.97. The number of nitrogens with zero attached hydrogens (tertiary/aromatic N) is 1. The normalized spacial score (nSPS) is 12.4. The molecule has 0 saturated heterocycles. The molecule has 6 heteroatoms. The molecule has 0 radical (unpaired) electrons. The van der Waals surface area contributed by atoms with Crippen LogP contribution in [0.4, 0.5) is 10.1 Å². The first-order chi connectivity index (χ1) is 6.56. The van der Waals surface area contributed by atoms with E-state index in [4.69, 9.17) is 10.8 Å². The molecule has 0 amide bonds. The van der Waals surface area contributed by atoms with E-state index in [0.717, 1.165) is 12.1 Å². The molecule has 0 bridgehead atoms. The summed E-state index contributed by atoms with van der Waals surface area (Å²) in [6, 6.07) is 2.66. The lowest BCUT2D eigenvalue weighted by Gasteiger charge is -2.06. The van der Waals surface area contributed by atoms with Gasteiger partial charge in [-0.15, -0.1) is 0 Å². The summed E-state index contributed by atoms with van der Waals surface area (Å²) < 4.78 is 12.1. The van der Waals surface area contributed by atoms with E-state index in [-0.39, 0.29) is 5.56 Å². The molecular formula is C8H9FN2O3. The minimum atomic E-state index is -0.894. The average Bonchev–Trinajstić information content (AvgIpc) is 2.17. The Morgan fingerprint density at radius 1 is 1.64 bits per heavy atom. The minimum Gasteiger partial charge on any atom is -0.502 e. The quantitative estimate of drug-likeness (QED) is 0.567. The summed E-state index contributed by atoms with van der Waals surface area (Å²) in [5.41, 5.74) is 5.16. The standard InChI is InChI=1S/C8H9FN2O3/c9-4-6(10)5-1-2-8(12)7(3-5)11(13)14/h1-3,6,12H,4,10H2/t6-/m1/s1. The maximum absolute atomic E-state index is 12.1. The fourth-order valence-corrected chi connectivity index (χ4v) is 1.01. The Kier molecular flexibility index (Phi) is 2.98. The maximum Gasteiger partial charge on any atom is 0.311 e. The Morgan fingerprint density at radius 2 is 2.29 bits per heavy atom. The van der Waals surface area contributed by atoms with Gasteiger partial charge in [-0.25, -0.2) is 4.39 Å². The number of benzene rings is 1. The minimum absolute atomic E-state index is 0.289. The molecule has 0 saturated carbocycles. The molecule has 14 heavy (non-hydrogen) atoms. The summed E-state index contributed by atoms with van der Waals surface area (Å²) in [6.45, 7) is -0.804. The van der Waals surface area contributed by atoms with Gasteiger partial charge in [0.1, 0.15) is 6.67 Å². The maximum atomic E-state index is 12.1. The number of hydrogen-bond acceptors (Lipinski definition) is 4. The van der Waals surface area contributed by atoms with Gasteiger partial charge in [0, 0.05) is 6.07 Å². The summed E-state index contributed by atoms with van der Waals surface area (Å²) in [6.07, 6.45) is 0. The molecule has 0 heterocycles. The first-order valence-electron chi connectivity index (χ1n) is 3.85. The van der Waals surface area contributed by atoms with E-state index in [1.165, 1.54) is 6.07 Å². The van der Waals surface area contributed by atoms with Crippen LogP contribution in [0.2, 0.25) is 0 Å². The molecule has 1 aromatic carbocycles. The Hall–Kier alpha value is -1.69. The highest BCUT2D eigenvalue weighted by atomic mass is 19.1. The molecule has 0 aliphatic heterocycles. The molecule has 0 unspecified atom stereocenters. The molecule has 76 valence electrons. The van der Waals surface area contributed by atoms with Gasteiger partial charge in [0.2, 0.25) is 0 Å². The van der Waals surface area contributed by atoms with E-state index < -0.39 is 29.1 Å². The van der Waals surface area contributed by atoms with Crippen LogP contribution in [0.5, 0.6) is 5.75 Å². The highest BCUT2D eigenvalue weighted by molar-refractivity contribution is 5.48. The predicted molar refractivity (Wildman–Crippen MR) is 47.7 cm³/mol. The molecule has 0 spiro atoms. The molecule has 3 N–H and O–H groups in total. The number of rotatable bonds is 3. The number of hydrogen-bond donors (Lipinski definition) is 2. The summed E-state index contributed by atoms with van der Waals surface area (Å²) >= 11 is 0.